The van der Waals surface area contributed by atoms with Gasteiger partial charge in [-0.2, -0.15) is 4.31 Å². The van der Waals surface area contributed by atoms with E-state index in [1.54, 1.807) is 28.8 Å². The molecule has 3 aromatic rings. The maximum Gasteiger partial charge on any atom is 0.252 e. The molecule has 1 amide bonds. The summed E-state index contributed by atoms with van der Waals surface area (Å²) in [5.74, 6) is -0.190. The molecule has 2 aliphatic heterocycles. The van der Waals surface area contributed by atoms with Crippen LogP contribution in [-0.2, 0) is 14.8 Å². The second kappa shape index (κ2) is 8.98. The molecule has 1 aromatic carbocycles. The Hall–Kier alpha value is -2.01. The number of rotatable bonds is 4. The Balaban J connectivity index is 1.23. The van der Waals surface area contributed by atoms with Crippen LogP contribution in [0, 0.1) is 19.8 Å². The van der Waals surface area contributed by atoms with Crippen molar-refractivity contribution in [2.24, 2.45) is 5.92 Å². The Morgan fingerprint density at radius 1 is 1.09 bits per heavy atom. The normalized spacial score (nSPS) is 20.5. The van der Waals surface area contributed by atoms with Gasteiger partial charge in [0.25, 0.3) is 10.0 Å². The molecule has 0 spiro atoms. The van der Waals surface area contributed by atoms with Crippen molar-refractivity contribution in [2.75, 3.05) is 44.2 Å². The molecule has 2 aliphatic rings. The predicted octanol–water partition coefficient (Wildman–Crippen LogP) is 3.72. The zero-order valence-corrected chi connectivity index (χ0v) is 21.3. The van der Waals surface area contributed by atoms with Crippen LogP contribution in [0.15, 0.2) is 33.9 Å². The molecule has 2 saturated heterocycles. The van der Waals surface area contributed by atoms with E-state index in [-0.39, 0.29) is 18.4 Å². The van der Waals surface area contributed by atoms with Gasteiger partial charge in [-0.05, 0) is 55.3 Å². The van der Waals surface area contributed by atoms with Crippen molar-refractivity contribution in [3.05, 3.63) is 40.8 Å². The summed E-state index contributed by atoms with van der Waals surface area (Å²) in [6.07, 6.45) is 1.46. The van der Waals surface area contributed by atoms with Crippen LogP contribution in [0.25, 0.3) is 10.2 Å². The molecular weight excluding hydrogens is 476 g/mol. The minimum absolute atomic E-state index is 0.0801. The van der Waals surface area contributed by atoms with E-state index in [9.17, 15) is 13.2 Å². The second-order valence-corrected chi connectivity index (χ2v) is 12.9. The van der Waals surface area contributed by atoms with Crippen LogP contribution in [0.5, 0.6) is 0 Å². The van der Waals surface area contributed by atoms with Gasteiger partial charge in [-0.15, -0.1) is 11.3 Å². The highest BCUT2D eigenvalue weighted by Gasteiger charge is 2.36. The lowest BCUT2D eigenvalue weighted by Gasteiger charge is -2.38. The average molecular weight is 505 g/mol. The number of carbonyl (C=O) groups excluding carboxylic acids is 1. The third-order valence-corrected chi connectivity index (χ3v) is 11.1. The van der Waals surface area contributed by atoms with Gasteiger partial charge in [-0.1, -0.05) is 23.5 Å². The number of hydrogen-bond donors (Lipinski definition) is 0. The van der Waals surface area contributed by atoms with Crippen LogP contribution in [-0.4, -0.2) is 67.8 Å². The van der Waals surface area contributed by atoms with Crippen LogP contribution < -0.4 is 4.90 Å². The highest BCUT2D eigenvalue weighted by atomic mass is 32.2. The summed E-state index contributed by atoms with van der Waals surface area (Å²) in [7, 11) is -3.51. The van der Waals surface area contributed by atoms with Gasteiger partial charge in [-0.25, -0.2) is 13.4 Å². The molecular formula is C23H28N4O3S3. The number of carbonyl (C=O) groups is 1. The van der Waals surface area contributed by atoms with Crippen molar-refractivity contribution >= 4 is 54.0 Å². The SMILES string of the molecule is Cc1ccc2sc(N3CCN(C(=O)C4CCCN(S(=O)(=O)c5cccs5)C4)CC3)nc2c1C. The van der Waals surface area contributed by atoms with Crippen LogP contribution in [0.4, 0.5) is 5.13 Å². The molecule has 0 radical (unpaired) electrons. The van der Waals surface area contributed by atoms with E-state index in [2.05, 4.69) is 30.9 Å². The van der Waals surface area contributed by atoms with Gasteiger partial charge in [0.1, 0.15) is 4.21 Å². The van der Waals surface area contributed by atoms with Gasteiger partial charge in [0, 0.05) is 39.3 Å². The van der Waals surface area contributed by atoms with Crippen molar-refractivity contribution in [1.82, 2.24) is 14.2 Å². The molecule has 0 bridgehead atoms. The number of hydrogen-bond acceptors (Lipinski definition) is 7. The lowest BCUT2D eigenvalue weighted by molar-refractivity contribution is -0.137. The third kappa shape index (κ3) is 4.29. The van der Waals surface area contributed by atoms with Crippen LogP contribution in [0.1, 0.15) is 24.0 Å². The fourth-order valence-electron chi connectivity index (χ4n) is 4.63. The molecule has 2 fully saturated rings. The molecule has 7 nitrogen and oxygen atoms in total. The molecule has 1 atom stereocenters. The first-order valence-electron chi connectivity index (χ1n) is 11.3. The van der Waals surface area contributed by atoms with Crippen LogP contribution in [0.2, 0.25) is 0 Å². The van der Waals surface area contributed by atoms with E-state index in [1.165, 1.54) is 31.5 Å². The number of aryl methyl sites for hydroxylation is 2. The van der Waals surface area contributed by atoms with Gasteiger partial charge < -0.3 is 9.80 Å². The topological polar surface area (TPSA) is 73.8 Å². The van der Waals surface area contributed by atoms with E-state index in [0.29, 0.717) is 30.3 Å². The fraction of sp³-hybridized carbons (Fsp3) is 0.478. The molecule has 0 aliphatic carbocycles. The fourth-order valence-corrected chi connectivity index (χ4v) is 8.37. The zero-order valence-electron chi connectivity index (χ0n) is 18.9. The zero-order chi connectivity index (χ0) is 23.2. The number of nitrogens with zero attached hydrogens (tertiary/aromatic N) is 4. The highest BCUT2D eigenvalue weighted by molar-refractivity contribution is 7.91. The minimum atomic E-state index is -3.51. The first-order chi connectivity index (χ1) is 15.8. The Morgan fingerprint density at radius 3 is 2.61 bits per heavy atom. The molecule has 5 rings (SSSR count). The summed E-state index contributed by atoms with van der Waals surface area (Å²) in [6.45, 7) is 7.74. The van der Waals surface area contributed by atoms with Gasteiger partial charge in [-0.3, -0.25) is 4.79 Å². The standard InChI is InChI=1S/C23H28N4O3S3/c1-16-7-8-19-21(17(16)2)24-23(32-19)26-12-10-25(11-13-26)22(28)18-5-3-9-27(15-18)33(29,30)20-6-4-14-31-20/h4,6-8,14,18H,3,5,9-13,15H2,1-2H3. The van der Waals surface area contributed by atoms with Gasteiger partial charge in [0.15, 0.2) is 5.13 Å². The van der Waals surface area contributed by atoms with E-state index in [1.807, 2.05) is 4.90 Å². The summed E-state index contributed by atoms with van der Waals surface area (Å²) in [6, 6.07) is 7.66. The summed E-state index contributed by atoms with van der Waals surface area (Å²) in [5.41, 5.74) is 3.54. The lowest BCUT2D eigenvalue weighted by Crippen LogP contribution is -2.53. The molecule has 0 saturated carbocycles. The number of thiophene rings is 1. The van der Waals surface area contributed by atoms with Gasteiger partial charge in [0.05, 0.1) is 16.1 Å². The summed E-state index contributed by atoms with van der Waals surface area (Å²) >= 11 is 2.93. The molecule has 33 heavy (non-hydrogen) atoms. The summed E-state index contributed by atoms with van der Waals surface area (Å²) < 4.78 is 28.9. The average Bonchev–Trinajstić information content (AvgIpc) is 3.52. The maximum atomic E-state index is 13.3. The van der Waals surface area contributed by atoms with Gasteiger partial charge in [0.2, 0.25) is 5.91 Å². The lowest BCUT2D eigenvalue weighted by atomic mass is 9.98. The smallest absolute Gasteiger partial charge is 0.252 e. The number of benzene rings is 1. The first kappa shape index (κ1) is 22.8. The third-order valence-electron chi connectivity index (χ3n) is 6.76. The maximum absolute atomic E-state index is 13.3. The minimum Gasteiger partial charge on any atom is -0.345 e. The monoisotopic (exact) mass is 504 g/mol. The Labute approximate surface area is 202 Å². The number of piperazine rings is 1. The van der Waals surface area contributed by atoms with Crippen molar-refractivity contribution < 1.29 is 13.2 Å². The van der Waals surface area contributed by atoms with Crippen LogP contribution >= 0.6 is 22.7 Å². The highest BCUT2D eigenvalue weighted by Crippen LogP contribution is 2.33. The predicted molar refractivity (Wildman–Crippen MR) is 134 cm³/mol. The number of anilines is 1. The molecule has 2 aromatic heterocycles. The Bertz CT molecular complexity index is 1260. The van der Waals surface area contributed by atoms with E-state index in [4.69, 9.17) is 4.98 Å². The molecule has 0 N–H and O–H groups in total. The van der Waals surface area contributed by atoms with Crippen LogP contribution in [0.3, 0.4) is 0 Å². The van der Waals surface area contributed by atoms with Gasteiger partial charge >= 0.3 is 0 Å². The Morgan fingerprint density at radius 2 is 1.88 bits per heavy atom. The van der Waals surface area contributed by atoms with E-state index < -0.39 is 10.0 Å². The number of aromatic nitrogens is 1. The van der Waals surface area contributed by atoms with E-state index in [0.717, 1.165) is 30.2 Å². The van der Waals surface area contributed by atoms with Crippen molar-refractivity contribution in [1.29, 1.82) is 0 Å². The molecule has 10 heteroatoms. The molecule has 1 unspecified atom stereocenters. The quantitative estimate of drug-likeness (QED) is 0.541. The van der Waals surface area contributed by atoms with Crippen molar-refractivity contribution in [3.63, 3.8) is 0 Å². The van der Waals surface area contributed by atoms with Crippen molar-refractivity contribution in [3.8, 4) is 0 Å². The summed E-state index contributed by atoms with van der Waals surface area (Å²) in [5, 5.41) is 2.78. The first-order valence-corrected chi connectivity index (χ1v) is 14.4. The largest absolute Gasteiger partial charge is 0.345 e. The number of piperidine rings is 1. The number of sulfonamides is 1. The van der Waals surface area contributed by atoms with E-state index >= 15 is 0 Å². The Kier molecular flexibility index (Phi) is 6.19. The number of amides is 1. The number of thiazole rings is 1. The van der Waals surface area contributed by atoms with Crippen molar-refractivity contribution in [2.45, 2.75) is 30.9 Å². The summed E-state index contributed by atoms with van der Waals surface area (Å²) in [4.78, 5) is 22.3. The molecule has 176 valence electrons. The second-order valence-electron chi connectivity index (χ2n) is 8.80. The number of fused-ring (bicyclic) bond motifs is 1. The molecule has 4 heterocycles.